The quantitative estimate of drug-likeness (QED) is 0.630. The van der Waals surface area contributed by atoms with Crippen molar-refractivity contribution >= 4 is 5.78 Å². The zero-order chi connectivity index (χ0) is 8.81. The Morgan fingerprint density at radius 2 is 2.33 bits per heavy atom. The van der Waals surface area contributed by atoms with Crippen molar-refractivity contribution in [2.75, 3.05) is 6.54 Å². The normalized spacial score (nSPS) is 23.9. The predicted molar refractivity (Wildman–Crippen MR) is 49.2 cm³/mol. The molecule has 1 rings (SSSR count). The molecule has 1 atom stereocenters. The lowest BCUT2D eigenvalue weighted by Crippen LogP contribution is -2.34. The van der Waals surface area contributed by atoms with Crippen molar-refractivity contribution in [1.29, 1.82) is 0 Å². The molecular weight excluding hydrogens is 150 g/mol. The summed E-state index contributed by atoms with van der Waals surface area (Å²) in [6.45, 7) is 3.02. The Morgan fingerprint density at radius 1 is 1.50 bits per heavy atom. The van der Waals surface area contributed by atoms with E-state index in [2.05, 4.69) is 12.2 Å². The number of piperidine rings is 1. The Hall–Kier alpha value is -0.370. The van der Waals surface area contributed by atoms with E-state index in [1.165, 1.54) is 12.8 Å². The van der Waals surface area contributed by atoms with Gasteiger partial charge < -0.3 is 0 Å². The van der Waals surface area contributed by atoms with E-state index in [4.69, 9.17) is 0 Å². The van der Waals surface area contributed by atoms with E-state index >= 15 is 0 Å². The highest BCUT2D eigenvalue weighted by Gasteiger charge is 2.20. The van der Waals surface area contributed by atoms with Gasteiger partial charge in [0.2, 0.25) is 0 Å². The number of Topliss-reactive ketones (excluding diaryl/α,β-unsaturated/α-hetero) is 1. The molecule has 1 heterocycles. The maximum absolute atomic E-state index is 11.5. The summed E-state index contributed by atoms with van der Waals surface area (Å²) in [6.07, 6.45) is 6.25. The molecule has 0 N–H and O–H groups in total. The van der Waals surface area contributed by atoms with Gasteiger partial charge in [0.25, 0.3) is 0 Å². The third-order valence-corrected chi connectivity index (χ3v) is 2.38. The average molecular weight is 168 g/mol. The molecule has 0 aromatic carbocycles. The Morgan fingerprint density at radius 3 is 2.92 bits per heavy atom. The molecule has 0 aromatic heterocycles. The molecule has 2 heteroatoms. The van der Waals surface area contributed by atoms with Crippen molar-refractivity contribution < 1.29 is 4.79 Å². The lowest BCUT2D eigenvalue weighted by atomic mass is 9.98. The smallest absolute Gasteiger partial charge is 0.151 e. The standard InChI is InChI=1S/C10H18NO/c1-2-3-7-10(12)9-6-4-5-8-11-9/h9H,2-8H2,1H3. The maximum atomic E-state index is 11.5. The van der Waals surface area contributed by atoms with E-state index in [-0.39, 0.29) is 6.04 Å². The summed E-state index contributed by atoms with van der Waals surface area (Å²) >= 11 is 0. The van der Waals surface area contributed by atoms with Gasteiger partial charge in [0, 0.05) is 13.0 Å². The molecule has 1 saturated heterocycles. The number of hydrogen-bond acceptors (Lipinski definition) is 1. The number of unbranched alkanes of at least 4 members (excludes halogenated alkanes) is 1. The molecule has 0 saturated carbocycles. The monoisotopic (exact) mass is 168 g/mol. The van der Waals surface area contributed by atoms with Crippen LogP contribution in [0.1, 0.15) is 45.4 Å². The Kier molecular flexibility index (Phi) is 4.30. The summed E-state index contributed by atoms with van der Waals surface area (Å²) < 4.78 is 0. The zero-order valence-corrected chi connectivity index (χ0v) is 7.88. The second kappa shape index (κ2) is 5.31. The Labute approximate surface area is 74.7 Å². The molecule has 0 aliphatic carbocycles. The SMILES string of the molecule is CCCCC(=O)C1CCCC[N]1. The first kappa shape index (κ1) is 9.72. The fourth-order valence-corrected chi connectivity index (χ4v) is 1.57. The van der Waals surface area contributed by atoms with E-state index in [0.717, 1.165) is 32.2 Å². The largest absolute Gasteiger partial charge is 0.298 e. The fraction of sp³-hybridized carbons (Fsp3) is 0.900. The van der Waals surface area contributed by atoms with E-state index in [1.54, 1.807) is 0 Å². The topological polar surface area (TPSA) is 31.2 Å². The van der Waals surface area contributed by atoms with Gasteiger partial charge in [0.15, 0.2) is 5.78 Å². The van der Waals surface area contributed by atoms with Crippen LogP contribution in [0.5, 0.6) is 0 Å². The maximum Gasteiger partial charge on any atom is 0.151 e. The van der Waals surface area contributed by atoms with E-state index < -0.39 is 0 Å². The van der Waals surface area contributed by atoms with Crippen LogP contribution in [0.15, 0.2) is 0 Å². The summed E-state index contributed by atoms with van der Waals surface area (Å²) in [6, 6.07) is 0.0605. The second-order valence-corrected chi connectivity index (χ2v) is 3.49. The van der Waals surface area contributed by atoms with Crippen molar-refractivity contribution in [1.82, 2.24) is 5.32 Å². The summed E-state index contributed by atoms with van der Waals surface area (Å²) in [5.41, 5.74) is 0. The number of carbonyl (C=O) groups is 1. The first-order valence-electron chi connectivity index (χ1n) is 5.04. The molecule has 0 spiro atoms. The van der Waals surface area contributed by atoms with Crippen LogP contribution >= 0.6 is 0 Å². The molecule has 69 valence electrons. The molecule has 1 fully saturated rings. The van der Waals surface area contributed by atoms with Crippen LogP contribution in [0.2, 0.25) is 0 Å². The van der Waals surface area contributed by atoms with Gasteiger partial charge in [0.05, 0.1) is 6.04 Å². The van der Waals surface area contributed by atoms with Crippen molar-refractivity contribution in [3.63, 3.8) is 0 Å². The molecule has 0 bridgehead atoms. The van der Waals surface area contributed by atoms with Gasteiger partial charge in [-0.05, 0) is 19.3 Å². The number of nitrogens with zero attached hydrogens (tertiary/aromatic N) is 1. The van der Waals surface area contributed by atoms with Crippen LogP contribution < -0.4 is 5.32 Å². The molecule has 1 unspecified atom stereocenters. The molecule has 1 radical (unpaired) electrons. The van der Waals surface area contributed by atoms with Crippen molar-refractivity contribution in [2.45, 2.75) is 51.5 Å². The minimum Gasteiger partial charge on any atom is -0.298 e. The average Bonchev–Trinajstić information content (AvgIpc) is 2.15. The van der Waals surface area contributed by atoms with Gasteiger partial charge in [-0.3, -0.25) is 4.79 Å². The van der Waals surface area contributed by atoms with Gasteiger partial charge in [-0.2, -0.15) is 0 Å². The van der Waals surface area contributed by atoms with E-state index in [0.29, 0.717) is 5.78 Å². The lowest BCUT2D eigenvalue weighted by molar-refractivity contribution is -0.121. The molecule has 0 amide bonds. The number of rotatable bonds is 4. The molecular formula is C10H18NO. The first-order valence-corrected chi connectivity index (χ1v) is 5.04. The fourth-order valence-electron chi connectivity index (χ4n) is 1.57. The number of carbonyl (C=O) groups excluding carboxylic acids is 1. The van der Waals surface area contributed by atoms with Gasteiger partial charge in [-0.1, -0.05) is 19.8 Å². The predicted octanol–water partition coefficient (Wildman–Crippen LogP) is 1.90. The Bertz CT molecular complexity index is 139. The van der Waals surface area contributed by atoms with Crippen molar-refractivity contribution in [2.24, 2.45) is 0 Å². The van der Waals surface area contributed by atoms with Crippen molar-refractivity contribution in [3.8, 4) is 0 Å². The van der Waals surface area contributed by atoms with Crippen LogP contribution in [0.4, 0.5) is 0 Å². The highest BCUT2D eigenvalue weighted by molar-refractivity contribution is 5.83. The van der Waals surface area contributed by atoms with Gasteiger partial charge >= 0.3 is 0 Å². The van der Waals surface area contributed by atoms with Crippen LogP contribution in [0.3, 0.4) is 0 Å². The third-order valence-electron chi connectivity index (χ3n) is 2.38. The van der Waals surface area contributed by atoms with Gasteiger partial charge in [0.1, 0.15) is 0 Å². The van der Waals surface area contributed by atoms with Gasteiger partial charge in [-0.15, -0.1) is 0 Å². The van der Waals surface area contributed by atoms with Crippen LogP contribution in [0, 0.1) is 0 Å². The summed E-state index contributed by atoms with van der Waals surface area (Å²) in [5, 5.41) is 4.33. The first-order chi connectivity index (χ1) is 5.84. The number of ketones is 1. The molecule has 0 aromatic rings. The van der Waals surface area contributed by atoms with Crippen LogP contribution in [0.25, 0.3) is 0 Å². The third kappa shape index (κ3) is 2.94. The second-order valence-electron chi connectivity index (χ2n) is 3.49. The van der Waals surface area contributed by atoms with Crippen LogP contribution in [-0.4, -0.2) is 18.4 Å². The minimum atomic E-state index is 0.0605. The molecule has 12 heavy (non-hydrogen) atoms. The summed E-state index contributed by atoms with van der Waals surface area (Å²) in [7, 11) is 0. The Balaban J connectivity index is 2.20. The highest BCUT2D eigenvalue weighted by Crippen LogP contribution is 2.11. The summed E-state index contributed by atoms with van der Waals surface area (Å²) in [5.74, 6) is 0.372. The summed E-state index contributed by atoms with van der Waals surface area (Å²) in [4.78, 5) is 11.5. The molecule has 1 aliphatic heterocycles. The van der Waals surface area contributed by atoms with E-state index in [1.807, 2.05) is 0 Å². The van der Waals surface area contributed by atoms with Crippen LogP contribution in [-0.2, 0) is 4.79 Å². The highest BCUT2D eigenvalue weighted by atomic mass is 16.1. The molecule has 1 aliphatic rings. The van der Waals surface area contributed by atoms with Gasteiger partial charge in [-0.25, -0.2) is 5.32 Å². The zero-order valence-electron chi connectivity index (χ0n) is 7.88. The number of hydrogen-bond donors (Lipinski definition) is 0. The lowest BCUT2D eigenvalue weighted by Gasteiger charge is -2.19. The minimum absolute atomic E-state index is 0.0605. The van der Waals surface area contributed by atoms with Crippen molar-refractivity contribution in [3.05, 3.63) is 0 Å². The van der Waals surface area contributed by atoms with E-state index in [9.17, 15) is 4.79 Å². The molecule has 2 nitrogen and oxygen atoms in total.